The van der Waals surface area contributed by atoms with Crippen LogP contribution in [0.15, 0.2) is 53.6 Å². The normalized spacial score (nSPS) is 11.2. The summed E-state index contributed by atoms with van der Waals surface area (Å²) in [5, 5.41) is 5.97. The van der Waals surface area contributed by atoms with Crippen LogP contribution in [0, 0.1) is 0 Å². The Morgan fingerprint density at radius 2 is 1.72 bits per heavy atom. The van der Waals surface area contributed by atoms with E-state index in [1.807, 2.05) is 56.3 Å². The Hall–Kier alpha value is -3.06. The van der Waals surface area contributed by atoms with Gasteiger partial charge in [0.1, 0.15) is 6.54 Å². The van der Waals surface area contributed by atoms with Crippen LogP contribution >= 0.6 is 0 Å². The summed E-state index contributed by atoms with van der Waals surface area (Å²) in [6.07, 6.45) is 4.04. The monoisotopic (exact) mass is 393 g/mol. The second-order valence-corrected chi connectivity index (χ2v) is 7.26. The maximum absolute atomic E-state index is 13.0. The fourth-order valence-corrected chi connectivity index (χ4v) is 3.25. The van der Waals surface area contributed by atoms with Crippen LogP contribution in [0.2, 0.25) is 0 Å². The van der Waals surface area contributed by atoms with Crippen molar-refractivity contribution >= 4 is 16.7 Å². The lowest BCUT2D eigenvalue weighted by atomic mass is 10.1. The highest BCUT2D eigenvalue weighted by Gasteiger charge is 2.17. The van der Waals surface area contributed by atoms with E-state index in [1.165, 1.54) is 4.68 Å². The fourth-order valence-electron chi connectivity index (χ4n) is 3.25. The average molecular weight is 393 g/mol. The summed E-state index contributed by atoms with van der Waals surface area (Å²) in [5.41, 5.74) is 1.59. The third-order valence-electron chi connectivity index (χ3n) is 4.90. The summed E-state index contributed by atoms with van der Waals surface area (Å²) in [6.45, 7) is 3.87. The third-order valence-corrected chi connectivity index (χ3v) is 4.90. The Morgan fingerprint density at radius 1 is 1.03 bits per heavy atom. The van der Waals surface area contributed by atoms with Gasteiger partial charge in [-0.2, -0.15) is 5.10 Å². The van der Waals surface area contributed by atoms with E-state index >= 15 is 0 Å². The van der Waals surface area contributed by atoms with Crippen LogP contribution in [-0.4, -0.2) is 64.2 Å². The Kier molecular flexibility index (Phi) is 6.72. The maximum Gasteiger partial charge on any atom is 0.275 e. The summed E-state index contributed by atoms with van der Waals surface area (Å²) in [5.74, 6) is -0.103. The molecule has 7 nitrogen and oxygen atoms in total. The molecule has 0 radical (unpaired) electrons. The van der Waals surface area contributed by atoms with E-state index in [0.717, 1.165) is 23.2 Å². The standard InChI is InChI=1S/C22H27N5O2/c1-4-26(14-13-25(2)3)21(28)16-27-22(29)19-8-6-5-7-18(19)20(24-27)15-17-9-11-23-12-10-17/h5-12H,4,13-16H2,1-3H3. The van der Waals surface area contributed by atoms with Crippen LogP contribution < -0.4 is 5.56 Å². The molecule has 1 amide bonds. The first-order chi connectivity index (χ1) is 14.0. The Labute approximate surface area is 170 Å². The van der Waals surface area contributed by atoms with Crippen molar-refractivity contribution in [2.75, 3.05) is 33.7 Å². The van der Waals surface area contributed by atoms with Gasteiger partial charge in [0.05, 0.1) is 11.1 Å². The van der Waals surface area contributed by atoms with Crippen molar-refractivity contribution in [2.24, 2.45) is 0 Å². The van der Waals surface area contributed by atoms with E-state index in [9.17, 15) is 9.59 Å². The molecule has 0 fully saturated rings. The Balaban J connectivity index is 1.94. The highest BCUT2D eigenvalue weighted by atomic mass is 16.2. The highest BCUT2D eigenvalue weighted by Crippen LogP contribution is 2.16. The van der Waals surface area contributed by atoms with Gasteiger partial charge in [0.2, 0.25) is 5.91 Å². The van der Waals surface area contributed by atoms with E-state index in [1.54, 1.807) is 23.4 Å². The summed E-state index contributed by atoms with van der Waals surface area (Å²) in [7, 11) is 3.94. The molecule has 152 valence electrons. The van der Waals surface area contributed by atoms with Gasteiger partial charge in [-0.1, -0.05) is 18.2 Å². The van der Waals surface area contributed by atoms with Gasteiger partial charge < -0.3 is 9.80 Å². The molecule has 3 rings (SSSR count). The first kappa shape index (κ1) is 20.7. The zero-order valence-electron chi connectivity index (χ0n) is 17.2. The first-order valence-electron chi connectivity index (χ1n) is 9.79. The lowest BCUT2D eigenvalue weighted by molar-refractivity contribution is -0.132. The predicted molar refractivity (Wildman–Crippen MR) is 114 cm³/mol. The maximum atomic E-state index is 13.0. The zero-order chi connectivity index (χ0) is 20.8. The molecule has 0 bridgehead atoms. The topological polar surface area (TPSA) is 71.3 Å². The van der Waals surface area contributed by atoms with Crippen molar-refractivity contribution in [3.63, 3.8) is 0 Å². The first-order valence-corrected chi connectivity index (χ1v) is 9.79. The molecule has 0 spiro atoms. The van der Waals surface area contributed by atoms with Gasteiger partial charge in [0.25, 0.3) is 5.56 Å². The second kappa shape index (κ2) is 9.43. The van der Waals surface area contributed by atoms with Gasteiger partial charge in [-0.05, 0) is 44.8 Å². The molecule has 0 saturated carbocycles. The second-order valence-electron chi connectivity index (χ2n) is 7.26. The predicted octanol–water partition coefficient (Wildman–Crippen LogP) is 1.79. The number of likely N-dealkylation sites (N-methyl/N-ethyl adjacent to an activating group) is 2. The van der Waals surface area contributed by atoms with Gasteiger partial charge in [0.15, 0.2) is 0 Å². The summed E-state index contributed by atoms with van der Waals surface area (Å²) in [4.78, 5) is 33.6. The molecule has 7 heteroatoms. The molecule has 1 aromatic carbocycles. The van der Waals surface area contributed by atoms with Gasteiger partial charge >= 0.3 is 0 Å². The largest absolute Gasteiger partial charge is 0.340 e. The molecule has 0 N–H and O–H groups in total. The van der Waals surface area contributed by atoms with Crippen LogP contribution in [0.5, 0.6) is 0 Å². The van der Waals surface area contributed by atoms with Gasteiger partial charge in [0, 0.05) is 43.8 Å². The van der Waals surface area contributed by atoms with Crippen LogP contribution in [0.1, 0.15) is 18.2 Å². The average Bonchev–Trinajstić information content (AvgIpc) is 2.72. The fraction of sp³-hybridized carbons (Fsp3) is 0.364. The lowest BCUT2D eigenvalue weighted by Crippen LogP contribution is -2.40. The van der Waals surface area contributed by atoms with E-state index in [-0.39, 0.29) is 18.0 Å². The van der Waals surface area contributed by atoms with Gasteiger partial charge in [-0.25, -0.2) is 4.68 Å². The quantitative estimate of drug-likeness (QED) is 0.584. The molecule has 0 aliphatic rings. The number of nitrogens with zero attached hydrogens (tertiary/aromatic N) is 5. The number of carbonyl (C=O) groups excluding carboxylic acids is 1. The number of hydrogen-bond donors (Lipinski definition) is 0. The summed E-state index contributed by atoms with van der Waals surface area (Å²) < 4.78 is 1.31. The minimum Gasteiger partial charge on any atom is -0.340 e. The number of amides is 1. The van der Waals surface area contributed by atoms with Crippen molar-refractivity contribution in [1.29, 1.82) is 0 Å². The van der Waals surface area contributed by atoms with Gasteiger partial charge in [-0.3, -0.25) is 14.6 Å². The molecular formula is C22H27N5O2. The molecular weight excluding hydrogens is 366 g/mol. The molecule has 2 aromatic heterocycles. The number of carbonyl (C=O) groups is 1. The Bertz CT molecular complexity index is 1030. The lowest BCUT2D eigenvalue weighted by Gasteiger charge is -2.23. The molecule has 0 atom stereocenters. The van der Waals surface area contributed by atoms with Crippen molar-refractivity contribution in [3.05, 3.63) is 70.4 Å². The number of rotatable bonds is 8. The summed E-state index contributed by atoms with van der Waals surface area (Å²) >= 11 is 0. The van der Waals surface area contributed by atoms with Crippen molar-refractivity contribution in [1.82, 2.24) is 24.6 Å². The van der Waals surface area contributed by atoms with Crippen LogP contribution in [0.3, 0.4) is 0 Å². The molecule has 0 aliphatic heterocycles. The number of benzene rings is 1. The molecule has 0 saturated heterocycles. The SMILES string of the molecule is CCN(CCN(C)C)C(=O)Cn1nc(Cc2ccncc2)c2ccccc2c1=O. The van der Waals surface area contributed by atoms with E-state index in [0.29, 0.717) is 24.9 Å². The van der Waals surface area contributed by atoms with Crippen molar-refractivity contribution in [3.8, 4) is 0 Å². The molecule has 2 heterocycles. The Morgan fingerprint density at radius 3 is 2.38 bits per heavy atom. The number of fused-ring (bicyclic) bond motifs is 1. The zero-order valence-corrected chi connectivity index (χ0v) is 17.2. The summed E-state index contributed by atoms with van der Waals surface area (Å²) in [6, 6.07) is 11.3. The van der Waals surface area contributed by atoms with Crippen molar-refractivity contribution in [2.45, 2.75) is 19.9 Å². The van der Waals surface area contributed by atoms with Crippen molar-refractivity contribution < 1.29 is 4.79 Å². The molecule has 0 unspecified atom stereocenters. The smallest absolute Gasteiger partial charge is 0.275 e. The van der Waals surface area contributed by atoms with Gasteiger partial charge in [-0.15, -0.1) is 0 Å². The third kappa shape index (κ3) is 5.06. The number of aromatic nitrogens is 3. The van der Waals surface area contributed by atoms with E-state index < -0.39 is 0 Å². The highest BCUT2D eigenvalue weighted by molar-refractivity contribution is 5.84. The van der Waals surface area contributed by atoms with Crippen LogP contribution in [-0.2, 0) is 17.8 Å². The minimum atomic E-state index is -0.240. The van der Waals surface area contributed by atoms with Crippen LogP contribution in [0.4, 0.5) is 0 Å². The number of pyridine rings is 1. The molecule has 0 aliphatic carbocycles. The van der Waals surface area contributed by atoms with E-state index in [4.69, 9.17) is 0 Å². The molecule has 29 heavy (non-hydrogen) atoms. The number of hydrogen-bond acceptors (Lipinski definition) is 5. The minimum absolute atomic E-state index is 0.0612. The van der Waals surface area contributed by atoms with Crippen LogP contribution in [0.25, 0.3) is 10.8 Å². The van der Waals surface area contributed by atoms with E-state index in [2.05, 4.69) is 10.1 Å². The molecule has 3 aromatic rings.